The Morgan fingerprint density at radius 2 is 1.17 bits per heavy atom. The Hall–Kier alpha value is -2.00. The molecular weight excluding hydrogens is 320 g/mol. The van der Waals surface area contributed by atoms with Crippen LogP contribution in [0.4, 0.5) is 0 Å². The molecule has 0 aromatic heterocycles. The average Bonchev–Trinajstić information content (AvgIpc) is 2.58. The topological polar surface area (TPSA) is 112 Å². The van der Waals surface area contributed by atoms with Crippen LogP contribution in [0.2, 0.25) is 0 Å². The van der Waals surface area contributed by atoms with Crippen LogP contribution in [0.1, 0.15) is 34.6 Å². The van der Waals surface area contributed by atoms with E-state index in [-0.39, 0.29) is 37.6 Å². The fourth-order valence-electron chi connectivity index (χ4n) is 1.69. The summed E-state index contributed by atoms with van der Waals surface area (Å²) in [5.41, 5.74) is 0.492. The Morgan fingerprint density at radius 1 is 0.833 bits per heavy atom. The highest BCUT2D eigenvalue weighted by molar-refractivity contribution is 5.93. The van der Waals surface area contributed by atoms with Crippen LogP contribution in [0.3, 0.4) is 0 Å². The maximum absolute atomic E-state index is 11.9. The molecule has 0 amide bonds. The summed E-state index contributed by atoms with van der Waals surface area (Å²) in [4.78, 5) is 23.7. The number of rotatable bonds is 10. The normalized spacial score (nSPS) is 13.2. The predicted molar refractivity (Wildman–Crippen MR) is 82.3 cm³/mol. The lowest BCUT2D eigenvalue weighted by Gasteiger charge is -2.14. The Labute approximate surface area is 139 Å². The lowest BCUT2D eigenvalue weighted by molar-refractivity contribution is -0.105. The van der Waals surface area contributed by atoms with Gasteiger partial charge in [-0.25, -0.2) is 9.59 Å². The SMILES string of the molecule is CC(OCCO)OC(=O)c1ccc(C(=O)OC(C)OCCO)cc1. The van der Waals surface area contributed by atoms with E-state index in [0.717, 1.165) is 0 Å². The standard InChI is InChI=1S/C16H22O8/c1-11(21-9-7-17)23-15(19)13-3-5-14(6-4-13)16(20)24-12(2)22-10-8-18/h3-6,11-12,17-18H,7-10H2,1-2H3. The van der Waals surface area contributed by atoms with E-state index in [2.05, 4.69) is 0 Å². The van der Waals surface area contributed by atoms with Crippen LogP contribution >= 0.6 is 0 Å². The second kappa shape index (κ2) is 10.7. The second-order valence-corrected chi connectivity index (χ2v) is 4.71. The third-order valence-electron chi connectivity index (χ3n) is 2.79. The van der Waals surface area contributed by atoms with Crippen LogP contribution < -0.4 is 0 Å². The van der Waals surface area contributed by atoms with Gasteiger partial charge in [0.15, 0.2) is 0 Å². The van der Waals surface area contributed by atoms with Crippen molar-refractivity contribution < 1.29 is 38.7 Å². The summed E-state index contributed by atoms with van der Waals surface area (Å²) < 4.78 is 20.1. The van der Waals surface area contributed by atoms with Gasteiger partial charge in [0, 0.05) is 0 Å². The van der Waals surface area contributed by atoms with Crippen LogP contribution in [-0.4, -0.2) is 61.2 Å². The zero-order valence-electron chi connectivity index (χ0n) is 13.6. The van der Waals surface area contributed by atoms with Gasteiger partial charge >= 0.3 is 11.9 Å². The van der Waals surface area contributed by atoms with Gasteiger partial charge in [-0.3, -0.25) is 0 Å². The number of ether oxygens (including phenoxy) is 4. The largest absolute Gasteiger partial charge is 0.432 e. The zero-order chi connectivity index (χ0) is 17.9. The molecule has 8 nitrogen and oxygen atoms in total. The van der Waals surface area contributed by atoms with Crippen molar-refractivity contribution in [3.63, 3.8) is 0 Å². The Morgan fingerprint density at radius 3 is 1.46 bits per heavy atom. The number of aliphatic hydroxyl groups excluding tert-OH is 2. The molecule has 24 heavy (non-hydrogen) atoms. The quantitative estimate of drug-likeness (QED) is 0.472. The number of esters is 2. The van der Waals surface area contributed by atoms with Crippen molar-refractivity contribution in [1.82, 2.24) is 0 Å². The minimum Gasteiger partial charge on any atom is -0.432 e. The van der Waals surface area contributed by atoms with Gasteiger partial charge in [0.1, 0.15) is 0 Å². The molecule has 0 aliphatic heterocycles. The molecule has 8 heteroatoms. The van der Waals surface area contributed by atoms with Gasteiger partial charge in [-0.15, -0.1) is 0 Å². The van der Waals surface area contributed by atoms with Crippen LogP contribution in [-0.2, 0) is 18.9 Å². The maximum atomic E-state index is 11.9. The van der Waals surface area contributed by atoms with E-state index < -0.39 is 24.5 Å². The third-order valence-corrected chi connectivity index (χ3v) is 2.79. The first-order chi connectivity index (χ1) is 11.5. The fraction of sp³-hybridized carbons (Fsp3) is 0.500. The first-order valence-corrected chi connectivity index (χ1v) is 7.45. The van der Waals surface area contributed by atoms with Gasteiger partial charge in [-0.2, -0.15) is 0 Å². The fourth-order valence-corrected chi connectivity index (χ4v) is 1.69. The number of hydrogen-bond acceptors (Lipinski definition) is 8. The minimum atomic E-state index is -0.793. The summed E-state index contributed by atoms with van der Waals surface area (Å²) in [5, 5.41) is 17.3. The molecule has 2 N–H and O–H groups in total. The van der Waals surface area contributed by atoms with Gasteiger partial charge < -0.3 is 29.2 Å². The maximum Gasteiger partial charge on any atom is 0.340 e. The second-order valence-electron chi connectivity index (χ2n) is 4.71. The highest BCUT2D eigenvalue weighted by Gasteiger charge is 2.15. The summed E-state index contributed by atoms with van der Waals surface area (Å²) in [6.45, 7) is 2.87. The van der Waals surface area contributed by atoms with Gasteiger partial charge in [-0.1, -0.05) is 0 Å². The molecule has 0 bridgehead atoms. The van der Waals surface area contributed by atoms with Gasteiger partial charge in [0.25, 0.3) is 0 Å². The summed E-state index contributed by atoms with van der Waals surface area (Å²) in [7, 11) is 0. The zero-order valence-corrected chi connectivity index (χ0v) is 13.6. The average molecular weight is 342 g/mol. The minimum absolute atomic E-state index is 0.0652. The first-order valence-electron chi connectivity index (χ1n) is 7.45. The van der Waals surface area contributed by atoms with Crippen molar-refractivity contribution in [2.75, 3.05) is 26.4 Å². The van der Waals surface area contributed by atoms with Crippen molar-refractivity contribution in [3.8, 4) is 0 Å². The Balaban J connectivity index is 2.55. The van der Waals surface area contributed by atoms with E-state index >= 15 is 0 Å². The van der Waals surface area contributed by atoms with Crippen LogP contribution in [0, 0.1) is 0 Å². The van der Waals surface area contributed by atoms with Crippen molar-refractivity contribution in [1.29, 1.82) is 0 Å². The molecule has 0 saturated heterocycles. The molecule has 1 aromatic carbocycles. The number of hydrogen-bond donors (Lipinski definition) is 2. The molecule has 0 radical (unpaired) electrons. The lowest BCUT2D eigenvalue weighted by atomic mass is 10.1. The number of benzene rings is 1. The van der Waals surface area contributed by atoms with E-state index in [9.17, 15) is 9.59 Å². The van der Waals surface area contributed by atoms with Crippen molar-refractivity contribution in [2.24, 2.45) is 0 Å². The molecule has 2 unspecified atom stereocenters. The predicted octanol–water partition coefficient (Wildman–Crippen LogP) is 0.710. The Kier molecular flexibility index (Phi) is 8.95. The molecule has 2 atom stereocenters. The first kappa shape index (κ1) is 20.0. The molecule has 1 rings (SSSR count). The number of aliphatic hydroxyl groups is 2. The van der Waals surface area contributed by atoms with Gasteiger partial charge in [0.2, 0.25) is 12.6 Å². The third kappa shape index (κ3) is 7.05. The molecule has 0 heterocycles. The van der Waals surface area contributed by atoms with Crippen LogP contribution in [0.25, 0.3) is 0 Å². The summed E-state index contributed by atoms with van der Waals surface area (Å²) in [6, 6.07) is 5.71. The molecule has 1 aromatic rings. The van der Waals surface area contributed by atoms with Crippen LogP contribution in [0.15, 0.2) is 24.3 Å². The highest BCUT2D eigenvalue weighted by Crippen LogP contribution is 2.10. The van der Waals surface area contributed by atoms with Gasteiger partial charge in [-0.05, 0) is 38.1 Å². The van der Waals surface area contributed by atoms with Crippen molar-refractivity contribution >= 4 is 11.9 Å². The van der Waals surface area contributed by atoms with Gasteiger partial charge in [0.05, 0.1) is 37.6 Å². The van der Waals surface area contributed by atoms with Crippen molar-refractivity contribution in [3.05, 3.63) is 35.4 Å². The van der Waals surface area contributed by atoms with E-state index in [1.807, 2.05) is 0 Å². The molecule has 0 aliphatic rings. The van der Waals surface area contributed by atoms with E-state index in [0.29, 0.717) is 0 Å². The summed E-state index contributed by atoms with van der Waals surface area (Å²) in [6.07, 6.45) is -1.59. The lowest BCUT2D eigenvalue weighted by Crippen LogP contribution is -2.20. The summed E-state index contributed by atoms with van der Waals surface area (Å²) in [5.74, 6) is -1.22. The smallest absolute Gasteiger partial charge is 0.340 e. The molecule has 134 valence electrons. The van der Waals surface area contributed by atoms with E-state index in [4.69, 9.17) is 29.2 Å². The van der Waals surface area contributed by atoms with Crippen molar-refractivity contribution in [2.45, 2.75) is 26.4 Å². The number of carbonyl (C=O) groups excluding carboxylic acids is 2. The molecule has 0 saturated carbocycles. The molecular formula is C16H22O8. The summed E-state index contributed by atoms with van der Waals surface area (Å²) >= 11 is 0. The Bertz CT molecular complexity index is 466. The number of carbonyl (C=O) groups is 2. The molecule has 0 aliphatic carbocycles. The monoisotopic (exact) mass is 342 g/mol. The highest BCUT2D eigenvalue weighted by atomic mass is 16.7. The van der Waals surface area contributed by atoms with E-state index in [1.165, 1.54) is 38.1 Å². The molecule has 0 fully saturated rings. The molecule has 0 spiro atoms. The van der Waals surface area contributed by atoms with Crippen LogP contribution in [0.5, 0.6) is 0 Å². The van der Waals surface area contributed by atoms with E-state index in [1.54, 1.807) is 0 Å².